The van der Waals surface area contributed by atoms with Crippen LogP contribution in [0.4, 0.5) is 0 Å². The molecule has 1 unspecified atom stereocenters. The van der Waals surface area contributed by atoms with Gasteiger partial charge in [-0.15, -0.1) is 0 Å². The molecule has 1 heterocycles. The average Bonchev–Trinajstić information content (AvgIpc) is 1.79. The maximum atomic E-state index is 5.46. The smallest absolute Gasteiger partial charge is 0.0740 e. The zero-order valence-electron chi connectivity index (χ0n) is 2.40. The summed E-state index contributed by atoms with van der Waals surface area (Å²) < 4.78 is 0. The zero-order chi connectivity index (χ0) is 3.86. The topological polar surface area (TPSA) is 0 Å². The molecule has 0 aromatic carbocycles. The lowest BCUT2D eigenvalue weighted by Gasteiger charge is -1.66. The van der Waals surface area contributed by atoms with E-state index < -0.39 is 0 Å². The molecule has 0 saturated carbocycles. The average molecular weight is 120 g/mol. The first-order chi connectivity index (χ1) is 2.30. The zero-order valence-corrected chi connectivity index (χ0v) is 5.05. The summed E-state index contributed by atoms with van der Waals surface area (Å²) in [5.41, 5.74) is 0. The van der Waals surface area contributed by atoms with E-state index in [1.807, 2.05) is 5.82 Å². The van der Waals surface area contributed by atoms with Gasteiger partial charge in [0.05, 0.1) is 10.2 Å². The van der Waals surface area contributed by atoms with Gasteiger partial charge in [0.2, 0.25) is 0 Å². The Hall–Kier alpha value is 0.677. The lowest BCUT2D eigenvalue weighted by molar-refractivity contribution is 2.62. The molecule has 25 valence electrons. The van der Waals surface area contributed by atoms with Crippen LogP contribution in [0.15, 0.2) is 10.8 Å². The molecular formula is C2HClPSi. The van der Waals surface area contributed by atoms with E-state index in [1.165, 1.54) is 4.94 Å². The van der Waals surface area contributed by atoms with Gasteiger partial charge in [0, 0.05) is 7.27 Å². The Morgan fingerprint density at radius 1 is 2.00 bits per heavy atom. The quantitative estimate of drug-likeness (QED) is 0.336. The van der Waals surface area contributed by atoms with Crippen LogP contribution in [0, 0.1) is 0 Å². The van der Waals surface area contributed by atoms with Crippen molar-refractivity contribution >= 4 is 28.8 Å². The van der Waals surface area contributed by atoms with Crippen LogP contribution in [0.5, 0.6) is 0 Å². The third kappa shape index (κ3) is 0.752. The van der Waals surface area contributed by atoms with Crippen LogP contribution in [0.3, 0.4) is 0 Å². The summed E-state index contributed by atoms with van der Waals surface area (Å²) in [5, 5.41) is 0. The molecule has 0 bridgehead atoms. The molecule has 1 rings (SSSR count). The van der Waals surface area contributed by atoms with Gasteiger partial charge < -0.3 is 0 Å². The van der Waals surface area contributed by atoms with Gasteiger partial charge in [0.25, 0.3) is 0 Å². The monoisotopic (exact) mass is 119 g/mol. The molecule has 0 nitrogen and oxygen atoms in total. The Morgan fingerprint density at radius 3 is 2.20 bits per heavy atom. The molecule has 5 heavy (non-hydrogen) atoms. The second kappa shape index (κ2) is 1.07. The Labute approximate surface area is 40.2 Å². The second-order valence-electron chi connectivity index (χ2n) is 0.826. The lowest BCUT2D eigenvalue weighted by Crippen LogP contribution is -1.40. The number of rotatable bonds is 0. The highest BCUT2D eigenvalue weighted by atomic mass is 35.7. The minimum absolute atomic E-state index is 0.254. The first kappa shape index (κ1) is 3.85. The van der Waals surface area contributed by atoms with Crippen LogP contribution in [-0.2, 0) is 0 Å². The molecule has 0 aromatic rings. The molecule has 0 spiro atoms. The van der Waals surface area contributed by atoms with E-state index in [4.69, 9.17) is 11.2 Å². The van der Waals surface area contributed by atoms with E-state index in [-0.39, 0.29) is 7.27 Å². The van der Waals surface area contributed by atoms with Crippen molar-refractivity contribution in [3.8, 4) is 0 Å². The van der Waals surface area contributed by atoms with E-state index in [1.54, 1.807) is 0 Å². The molecule has 0 saturated heterocycles. The number of hydrogen-bond acceptors (Lipinski definition) is 0. The van der Waals surface area contributed by atoms with Gasteiger partial charge in [-0.1, -0.05) is 11.2 Å². The van der Waals surface area contributed by atoms with Crippen LogP contribution in [0.25, 0.3) is 0 Å². The Balaban J connectivity index is 2.38. The first-order valence-electron chi connectivity index (χ1n) is 1.19. The third-order valence-electron chi connectivity index (χ3n) is 0.398. The fraction of sp³-hybridized carbons (Fsp3) is 0. The maximum Gasteiger partial charge on any atom is 0.0740 e. The van der Waals surface area contributed by atoms with Crippen molar-refractivity contribution in [3.63, 3.8) is 0 Å². The van der Waals surface area contributed by atoms with Crippen molar-refractivity contribution in [3.05, 3.63) is 10.8 Å². The SMILES string of the molecule is [Si]C1=CP1Cl. The predicted molar refractivity (Wildman–Crippen MR) is 26.6 cm³/mol. The highest BCUT2D eigenvalue weighted by molar-refractivity contribution is 7.96. The van der Waals surface area contributed by atoms with Gasteiger partial charge in [-0.3, -0.25) is 0 Å². The summed E-state index contributed by atoms with van der Waals surface area (Å²) >= 11 is 5.46. The predicted octanol–water partition coefficient (Wildman–Crippen LogP) is 1.60. The van der Waals surface area contributed by atoms with E-state index in [0.29, 0.717) is 0 Å². The van der Waals surface area contributed by atoms with Gasteiger partial charge in [0.15, 0.2) is 0 Å². The van der Waals surface area contributed by atoms with Gasteiger partial charge in [-0.05, 0) is 10.8 Å². The minimum Gasteiger partial charge on any atom is -0.0873 e. The molecule has 0 N–H and O–H groups in total. The van der Waals surface area contributed by atoms with Gasteiger partial charge in [0.1, 0.15) is 0 Å². The van der Waals surface area contributed by atoms with Gasteiger partial charge in [-0.2, -0.15) is 0 Å². The van der Waals surface area contributed by atoms with Crippen molar-refractivity contribution in [2.24, 2.45) is 0 Å². The Kier molecular flexibility index (Phi) is 0.827. The summed E-state index contributed by atoms with van der Waals surface area (Å²) in [4.78, 5) is 1.18. The molecule has 0 aliphatic carbocycles. The van der Waals surface area contributed by atoms with Crippen LogP contribution < -0.4 is 0 Å². The fourth-order valence-electron chi connectivity index (χ4n) is 0.0785. The summed E-state index contributed by atoms with van der Waals surface area (Å²) in [6, 6.07) is 0. The molecule has 3 heteroatoms. The lowest BCUT2D eigenvalue weighted by atomic mass is 11.3. The van der Waals surface area contributed by atoms with Gasteiger partial charge >= 0.3 is 0 Å². The molecule has 0 amide bonds. The van der Waals surface area contributed by atoms with Gasteiger partial charge in [-0.25, -0.2) is 0 Å². The Morgan fingerprint density at radius 2 is 2.20 bits per heavy atom. The molecular weight excluding hydrogens is 119 g/mol. The van der Waals surface area contributed by atoms with E-state index in [0.717, 1.165) is 0 Å². The van der Waals surface area contributed by atoms with Crippen molar-refractivity contribution in [2.45, 2.75) is 0 Å². The van der Waals surface area contributed by atoms with Crippen LogP contribution in [0.2, 0.25) is 0 Å². The van der Waals surface area contributed by atoms with E-state index in [9.17, 15) is 0 Å². The van der Waals surface area contributed by atoms with Crippen molar-refractivity contribution in [1.29, 1.82) is 0 Å². The van der Waals surface area contributed by atoms with Crippen LogP contribution >= 0.6 is 18.5 Å². The first-order valence-corrected chi connectivity index (χ1v) is 4.01. The van der Waals surface area contributed by atoms with E-state index >= 15 is 0 Å². The molecule has 1 atom stereocenters. The molecule has 3 radical (unpaired) electrons. The normalized spacial score (nSPS) is 33.2. The van der Waals surface area contributed by atoms with Crippen molar-refractivity contribution in [1.82, 2.24) is 0 Å². The number of halogens is 1. The van der Waals surface area contributed by atoms with Crippen molar-refractivity contribution in [2.75, 3.05) is 0 Å². The third-order valence-corrected chi connectivity index (χ3v) is 3.57. The van der Waals surface area contributed by atoms with Crippen molar-refractivity contribution < 1.29 is 0 Å². The molecule has 0 fully saturated rings. The molecule has 0 aromatic heterocycles. The standard InChI is InChI=1S/C2HClPSi/c3-4-1-2(4)5/h1H. The Bertz CT molecular complexity index is 79.7. The highest BCUT2D eigenvalue weighted by Gasteiger charge is 2.14. The summed E-state index contributed by atoms with van der Waals surface area (Å²) in [6.07, 6.45) is 0. The number of hydrogen-bond donors (Lipinski definition) is 0. The van der Waals surface area contributed by atoms with E-state index in [2.05, 4.69) is 10.2 Å². The summed E-state index contributed by atoms with van der Waals surface area (Å²) in [6.45, 7) is 0. The molecule has 1 aliphatic rings. The highest BCUT2D eigenvalue weighted by Crippen LogP contribution is 2.63. The van der Waals surface area contributed by atoms with Crippen LogP contribution in [0.1, 0.15) is 0 Å². The minimum atomic E-state index is -0.254. The largest absolute Gasteiger partial charge is 0.0873 e. The fourth-order valence-corrected chi connectivity index (χ4v) is 1.54. The van der Waals surface area contributed by atoms with Crippen LogP contribution in [-0.4, -0.2) is 10.2 Å². The maximum absolute atomic E-state index is 5.46. The second-order valence-corrected chi connectivity index (χ2v) is 4.24. The summed E-state index contributed by atoms with van der Waals surface area (Å²) in [7, 11) is 2.99. The molecule has 1 aliphatic heterocycles. The summed E-state index contributed by atoms with van der Waals surface area (Å²) in [5.74, 6) is 1.99.